The van der Waals surface area contributed by atoms with Crippen LogP contribution in [0.5, 0.6) is 0 Å². The molecule has 4 nitrogen and oxygen atoms in total. The van der Waals surface area contributed by atoms with Crippen molar-refractivity contribution < 1.29 is 0 Å². The van der Waals surface area contributed by atoms with Gasteiger partial charge < -0.3 is 11.1 Å². The summed E-state index contributed by atoms with van der Waals surface area (Å²) in [5.74, 6) is 0. The van der Waals surface area contributed by atoms with E-state index < -0.39 is 0 Å². The molecule has 2 rings (SSSR count). The Morgan fingerprint density at radius 2 is 2.11 bits per heavy atom. The molecule has 1 aromatic heterocycles. The third kappa shape index (κ3) is 3.89. The van der Waals surface area contributed by atoms with Crippen LogP contribution in [0.15, 0.2) is 42.7 Å². The summed E-state index contributed by atoms with van der Waals surface area (Å²) in [5, 5.41) is 7.39. The van der Waals surface area contributed by atoms with Crippen LogP contribution in [-0.4, -0.2) is 22.4 Å². The summed E-state index contributed by atoms with van der Waals surface area (Å²) in [6, 6.07) is 10.6. The average molecular weight is 244 g/mol. The molecule has 0 aliphatic rings. The van der Waals surface area contributed by atoms with E-state index in [1.807, 2.05) is 25.5 Å². The number of benzene rings is 1. The second-order valence-corrected chi connectivity index (χ2v) is 4.57. The van der Waals surface area contributed by atoms with E-state index in [0.717, 1.165) is 25.1 Å². The minimum atomic E-state index is 0.158. The monoisotopic (exact) mass is 244 g/mol. The van der Waals surface area contributed by atoms with E-state index in [0.29, 0.717) is 0 Å². The molecule has 0 fully saturated rings. The fourth-order valence-electron chi connectivity index (χ4n) is 1.86. The van der Waals surface area contributed by atoms with Crippen LogP contribution in [0.4, 0.5) is 5.69 Å². The lowest BCUT2D eigenvalue weighted by molar-refractivity contribution is 0.638. The molecule has 1 aromatic carbocycles. The third-order valence-electron chi connectivity index (χ3n) is 2.92. The highest BCUT2D eigenvalue weighted by atomic mass is 15.3. The van der Waals surface area contributed by atoms with E-state index in [9.17, 15) is 0 Å². The van der Waals surface area contributed by atoms with Crippen LogP contribution in [0, 0.1) is 0 Å². The summed E-state index contributed by atoms with van der Waals surface area (Å²) in [6.45, 7) is 0.776. The van der Waals surface area contributed by atoms with Crippen molar-refractivity contribution in [1.29, 1.82) is 0 Å². The van der Waals surface area contributed by atoms with Crippen LogP contribution in [-0.2, 0) is 13.5 Å². The van der Waals surface area contributed by atoms with Crippen molar-refractivity contribution in [3.05, 3.63) is 48.3 Å². The molecule has 0 bridgehead atoms. The van der Waals surface area contributed by atoms with Crippen molar-refractivity contribution in [3.63, 3.8) is 0 Å². The lowest BCUT2D eigenvalue weighted by Crippen LogP contribution is -2.29. The van der Waals surface area contributed by atoms with Gasteiger partial charge in [0.2, 0.25) is 0 Å². The van der Waals surface area contributed by atoms with Crippen molar-refractivity contribution >= 4 is 5.69 Å². The van der Waals surface area contributed by atoms with Crippen LogP contribution in [0.25, 0.3) is 0 Å². The fourth-order valence-corrected chi connectivity index (χ4v) is 1.86. The number of hydrogen-bond donors (Lipinski definition) is 2. The van der Waals surface area contributed by atoms with E-state index in [4.69, 9.17) is 5.73 Å². The van der Waals surface area contributed by atoms with Gasteiger partial charge in [-0.2, -0.15) is 5.10 Å². The van der Waals surface area contributed by atoms with Gasteiger partial charge in [0, 0.05) is 25.8 Å². The first-order valence-electron chi connectivity index (χ1n) is 6.26. The Hall–Kier alpha value is -1.81. The summed E-state index contributed by atoms with van der Waals surface area (Å²) in [5.41, 5.74) is 8.45. The van der Waals surface area contributed by atoms with Gasteiger partial charge in [-0.05, 0) is 18.4 Å². The summed E-state index contributed by atoms with van der Waals surface area (Å²) < 4.78 is 1.78. The van der Waals surface area contributed by atoms with Gasteiger partial charge in [0.05, 0.1) is 11.9 Å². The third-order valence-corrected chi connectivity index (χ3v) is 2.92. The first-order valence-corrected chi connectivity index (χ1v) is 6.26. The number of anilines is 1. The zero-order chi connectivity index (χ0) is 12.8. The molecular formula is C14H20N4. The molecular weight excluding hydrogens is 224 g/mol. The van der Waals surface area contributed by atoms with E-state index >= 15 is 0 Å². The zero-order valence-electron chi connectivity index (χ0n) is 10.7. The van der Waals surface area contributed by atoms with E-state index in [1.165, 1.54) is 5.56 Å². The predicted octanol–water partition coefficient (Wildman–Crippen LogP) is 1.79. The molecule has 0 aliphatic carbocycles. The first-order chi connectivity index (χ1) is 8.74. The SMILES string of the molecule is Cn1cc(NCC(N)CCc2ccccc2)cn1. The number of rotatable bonds is 6. The van der Waals surface area contributed by atoms with Crippen LogP contribution in [0.3, 0.4) is 0 Å². The molecule has 0 saturated carbocycles. The molecule has 0 amide bonds. The zero-order valence-corrected chi connectivity index (χ0v) is 10.7. The van der Waals surface area contributed by atoms with Gasteiger partial charge >= 0.3 is 0 Å². The normalized spacial score (nSPS) is 12.3. The van der Waals surface area contributed by atoms with Crippen molar-refractivity contribution in [1.82, 2.24) is 9.78 Å². The number of nitrogens with two attached hydrogens (primary N) is 1. The number of nitrogens with one attached hydrogen (secondary N) is 1. The van der Waals surface area contributed by atoms with Gasteiger partial charge in [0.1, 0.15) is 0 Å². The Morgan fingerprint density at radius 3 is 2.78 bits per heavy atom. The Kier molecular flexibility index (Phi) is 4.36. The molecule has 0 saturated heterocycles. The standard InChI is InChI=1S/C14H20N4/c1-18-11-14(10-17-18)16-9-13(15)8-7-12-5-3-2-4-6-12/h2-6,10-11,13,16H,7-9,15H2,1H3. The van der Waals surface area contributed by atoms with Gasteiger partial charge in [-0.3, -0.25) is 4.68 Å². The van der Waals surface area contributed by atoms with Gasteiger partial charge in [0.15, 0.2) is 0 Å². The summed E-state index contributed by atoms with van der Waals surface area (Å²) >= 11 is 0. The summed E-state index contributed by atoms with van der Waals surface area (Å²) in [4.78, 5) is 0. The molecule has 1 unspecified atom stereocenters. The summed E-state index contributed by atoms with van der Waals surface area (Å²) in [7, 11) is 1.90. The lowest BCUT2D eigenvalue weighted by atomic mass is 10.1. The van der Waals surface area contributed by atoms with Gasteiger partial charge in [0.25, 0.3) is 0 Å². The maximum absolute atomic E-state index is 6.09. The Morgan fingerprint density at radius 1 is 1.33 bits per heavy atom. The van der Waals surface area contributed by atoms with Crippen LogP contribution in [0.2, 0.25) is 0 Å². The molecule has 96 valence electrons. The lowest BCUT2D eigenvalue weighted by Gasteiger charge is -2.12. The van der Waals surface area contributed by atoms with Crippen molar-refractivity contribution in [2.45, 2.75) is 18.9 Å². The molecule has 4 heteroatoms. The van der Waals surface area contributed by atoms with Crippen LogP contribution >= 0.6 is 0 Å². The molecule has 1 atom stereocenters. The number of aromatic nitrogens is 2. The second kappa shape index (κ2) is 6.21. The van der Waals surface area contributed by atoms with Crippen molar-refractivity contribution in [2.24, 2.45) is 12.8 Å². The number of hydrogen-bond acceptors (Lipinski definition) is 3. The van der Waals surface area contributed by atoms with Crippen LogP contribution in [0.1, 0.15) is 12.0 Å². The van der Waals surface area contributed by atoms with E-state index in [-0.39, 0.29) is 6.04 Å². The first kappa shape index (κ1) is 12.6. The Labute approximate surface area is 108 Å². The molecule has 0 radical (unpaired) electrons. The largest absolute Gasteiger partial charge is 0.381 e. The highest BCUT2D eigenvalue weighted by Crippen LogP contribution is 2.06. The van der Waals surface area contributed by atoms with Gasteiger partial charge in [-0.15, -0.1) is 0 Å². The molecule has 1 heterocycles. The average Bonchev–Trinajstić information content (AvgIpc) is 2.81. The fraction of sp³-hybridized carbons (Fsp3) is 0.357. The highest BCUT2D eigenvalue weighted by Gasteiger charge is 2.03. The maximum atomic E-state index is 6.09. The second-order valence-electron chi connectivity index (χ2n) is 4.57. The number of nitrogens with zero attached hydrogens (tertiary/aromatic N) is 2. The van der Waals surface area contributed by atoms with Crippen LogP contribution < -0.4 is 11.1 Å². The minimum Gasteiger partial charge on any atom is -0.381 e. The van der Waals surface area contributed by atoms with Crippen molar-refractivity contribution in [3.8, 4) is 0 Å². The minimum absolute atomic E-state index is 0.158. The number of aryl methyl sites for hydroxylation is 2. The van der Waals surface area contributed by atoms with E-state index in [1.54, 1.807) is 4.68 Å². The van der Waals surface area contributed by atoms with Crippen molar-refractivity contribution in [2.75, 3.05) is 11.9 Å². The molecule has 0 aliphatic heterocycles. The maximum Gasteiger partial charge on any atom is 0.0726 e. The smallest absolute Gasteiger partial charge is 0.0726 e. The Bertz CT molecular complexity index is 464. The Balaban J connectivity index is 1.71. The molecule has 18 heavy (non-hydrogen) atoms. The predicted molar refractivity (Wildman–Crippen MR) is 74.4 cm³/mol. The molecule has 0 spiro atoms. The van der Waals surface area contributed by atoms with E-state index in [2.05, 4.69) is 34.7 Å². The molecule has 3 N–H and O–H groups in total. The van der Waals surface area contributed by atoms with Gasteiger partial charge in [-0.1, -0.05) is 30.3 Å². The summed E-state index contributed by atoms with van der Waals surface area (Å²) in [6.07, 6.45) is 5.77. The topological polar surface area (TPSA) is 55.9 Å². The quantitative estimate of drug-likeness (QED) is 0.814. The highest BCUT2D eigenvalue weighted by molar-refractivity contribution is 5.38. The molecule has 2 aromatic rings. The van der Waals surface area contributed by atoms with Gasteiger partial charge in [-0.25, -0.2) is 0 Å².